The zero-order chi connectivity index (χ0) is 10.8. The molecular formula is C10H18F3N. The highest BCUT2D eigenvalue weighted by Gasteiger charge is 2.52. The predicted octanol–water partition coefficient (Wildman–Crippen LogP) is 3.24. The van der Waals surface area contributed by atoms with E-state index >= 15 is 0 Å². The first kappa shape index (κ1) is 11.8. The first-order valence-electron chi connectivity index (χ1n) is 5.24. The van der Waals surface area contributed by atoms with E-state index in [0.29, 0.717) is 18.8 Å². The Labute approximate surface area is 82.9 Å². The minimum absolute atomic E-state index is 0.0984. The lowest BCUT2D eigenvalue weighted by Crippen LogP contribution is -2.55. The van der Waals surface area contributed by atoms with Crippen LogP contribution in [-0.2, 0) is 0 Å². The summed E-state index contributed by atoms with van der Waals surface area (Å²) in [6, 6.07) is 0. The van der Waals surface area contributed by atoms with Gasteiger partial charge in [0.1, 0.15) is 5.54 Å². The van der Waals surface area contributed by atoms with Crippen molar-refractivity contribution in [2.75, 3.05) is 0 Å². The monoisotopic (exact) mass is 209 g/mol. The molecule has 0 aromatic rings. The standard InChI is InChI=1S/C10H18F3N/c1-2-3-8-4-6-9(14,7-5-8)10(11,12)13/h8H,2-7,14H2,1H3. The van der Waals surface area contributed by atoms with Crippen molar-refractivity contribution in [1.29, 1.82) is 0 Å². The molecule has 0 heterocycles. The molecule has 0 amide bonds. The van der Waals surface area contributed by atoms with Crippen molar-refractivity contribution in [2.24, 2.45) is 11.7 Å². The molecule has 4 heteroatoms. The van der Waals surface area contributed by atoms with Crippen molar-refractivity contribution in [3.05, 3.63) is 0 Å². The van der Waals surface area contributed by atoms with Crippen LogP contribution in [0.5, 0.6) is 0 Å². The molecule has 0 aromatic heterocycles. The Kier molecular flexibility index (Phi) is 3.45. The molecule has 1 aliphatic rings. The molecule has 0 bridgehead atoms. The Bertz CT molecular complexity index is 180. The van der Waals surface area contributed by atoms with Crippen molar-refractivity contribution in [3.63, 3.8) is 0 Å². The third-order valence-electron chi connectivity index (χ3n) is 3.26. The number of rotatable bonds is 2. The number of nitrogens with two attached hydrogens (primary N) is 1. The topological polar surface area (TPSA) is 26.0 Å². The smallest absolute Gasteiger partial charge is 0.318 e. The molecule has 0 saturated heterocycles. The zero-order valence-corrected chi connectivity index (χ0v) is 8.53. The molecule has 0 atom stereocenters. The minimum atomic E-state index is -4.23. The molecule has 2 N–H and O–H groups in total. The summed E-state index contributed by atoms with van der Waals surface area (Å²) >= 11 is 0. The molecule has 1 rings (SSSR count). The maximum atomic E-state index is 12.5. The highest BCUT2D eigenvalue weighted by Crippen LogP contribution is 2.42. The molecule has 1 nitrogen and oxygen atoms in total. The van der Waals surface area contributed by atoms with Crippen LogP contribution in [0.3, 0.4) is 0 Å². The molecule has 14 heavy (non-hydrogen) atoms. The first-order chi connectivity index (χ1) is 6.39. The van der Waals surface area contributed by atoms with Gasteiger partial charge in [-0.05, 0) is 31.6 Å². The lowest BCUT2D eigenvalue weighted by molar-refractivity contribution is -0.196. The van der Waals surface area contributed by atoms with Gasteiger partial charge >= 0.3 is 6.18 Å². The summed E-state index contributed by atoms with van der Waals surface area (Å²) in [6.07, 6.45) is -0.692. The summed E-state index contributed by atoms with van der Waals surface area (Å²) < 4.78 is 37.5. The highest BCUT2D eigenvalue weighted by atomic mass is 19.4. The minimum Gasteiger partial charge on any atom is -0.318 e. The second-order valence-electron chi connectivity index (χ2n) is 4.39. The second kappa shape index (κ2) is 4.09. The quantitative estimate of drug-likeness (QED) is 0.742. The van der Waals surface area contributed by atoms with Crippen LogP contribution in [0.4, 0.5) is 13.2 Å². The predicted molar refractivity (Wildman–Crippen MR) is 49.8 cm³/mol. The van der Waals surface area contributed by atoms with E-state index < -0.39 is 11.7 Å². The summed E-state index contributed by atoms with van der Waals surface area (Å²) in [5.74, 6) is 0.457. The molecule has 0 radical (unpaired) electrons. The third-order valence-corrected chi connectivity index (χ3v) is 3.26. The fourth-order valence-corrected chi connectivity index (χ4v) is 2.17. The van der Waals surface area contributed by atoms with Gasteiger partial charge in [-0.2, -0.15) is 13.2 Å². The van der Waals surface area contributed by atoms with Gasteiger partial charge in [0, 0.05) is 0 Å². The third kappa shape index (κ3) is 2.41. The van der Waals surface area contributed by atoms with Crippen molar-refractivity contribution < 1.29 is 13.2 Å². The molecule has 0 aromatic carbocycles. The van der Waals surface area contributed by atoms with Gasteiger partial charge in [0.2, 0.25) is 0 Å². The molecule has 1 saturated carbocycles. The van der Waals surface area contributed by atoms with Gasteiger partial charge in [-0.1, -0.05) is 19.8 Å². The molecule has 1 aliphatic carbocycles. The van der Waals surface area contributed by atoms with Crippen LogP contribution >= 0.6 is 0 Å². The zero-order valence-electron chi connectivity index (χ0n) is 8.53. The Hall–Kier alpha value is -0.250. The molecule has 0 aliphatic heterocycles. The van der Waals surface area contributed by atoms with Crippen LogP contribution in [0.2, 0.25) is 0 Å². The van der Waals surface area contributed by atoms with E-state index in [1.165, 1.54) is 0 Å². The van der Waals surface area contributed by atoms with Gasteiger partial charge < -0.3 is 5.73 Å². The van der Waals surface area contributed by atoms with Crippen LogP contribution < -0.4 is 5.73 Å². The summed E-state index contributed by atoms with van der Waals surface area (Å²) in [7, 11) is 0. The Morgan fingerprint density at radius 2 is 1.79 bits per heavy atom. The van der Waals surface area contributed by atoms with Gasteiger partial charge in [0.25, 0.3) is 0 Å². The van der Waals surface area contributed by atoms with E-state index in [-0.39, 0.29) is 12.8 Å². The number of hydrogen-bond donors (Lipinski definition) is 1. The van der Waals surface area contributed by atoms with Crippen LogP contribution in [0.1, 0.15) is 45.4 Å². The summed E-state index contributed by atoms with van der Waals surface area (Å²) in [6.45, 7) is 2.06. The van der Waals surface area contributed by atoms with Gasteiger partial charge in [0.15, 0.2) is 0 Å². The van der Waals surface area contributed by atoms with Crippen molar-refractivity contribution in [2.45, 2.75) is 57.2 Å². The van der Waals surface area contributed by atoms with Crippen LogP contribution in [-0.4, -0.2) is 11.7 Å². The molecular weight excluding hydrogens is 191 g/mol. The van der Waals surface area contributed by atoms with Gasteiger partial charge in [-0.3, -0.25) is 0 Å². The average molecular weight is 209 g/mol. The van der Waals surface area contributed by atoms with Crippen molar-refractivity contribution in [1.82, 2.24) is 0 Å². The Morgan fingerprint density at radius 3 is 2.14 bits per heavy atom. The molecule has 0 unspecified atom stereocenters. The molecule has 84 valence electrons. The molecule has 0 spiro atoms. The van der Waals surface area contributed by atoms with E-state index in [4.69, 9.17) is 5.73 Å². The summed E-state index contributed by atoms with van der Waals surface area (Å²) in [5, 5.41) is 0. The van der Waals surface area contributed by atoms with Gasteiger partial charge in [-0.25, -0.2) is 0 Å². The van der Waals surface area contributed by atoms with Crippen LogP contribution in [0, 0.1) is 5.92 Å². The van der Waals surface area contributed by atoms with Gasteiger partial charge in [0.05, 0.1) is 0 Å². The summed E-state index contributed by atoms with van der Waals surface area (Å²) in [5.41, 5.74) is 3.46. The van der Waals surface area contributed by atoms with E-state index in [1.54, 1.807) is 0 Å². The van der Waals surface area contributed by atoms with Crippen molar-refractivity contribution in [3.8, 4) is 0 Å². The lowest BCUT2D eigenvalue weighted by atomic mass is 9.75. The van der Waals surface area contributed by atoms with E-state index in [1.807, 2.05) is 0 Å². The van der Waals surface area contributed by atoms with Crippen molar-refractivity contribution >= 4 is 0 Å². The van der Waals surface area contributed by atoms with E-state index in [0.717, 1.165) is 12.8 Å². The van der Waals surface area contributed by atoms with Gasteiger partial charge in [-0.15, -0.1) is 0 Å². The SMILES string of the molecule is CCCC1CCC(N)(C(F)(F)F)CC1. The fraction of sp³-hybridized carbons (Fsp3) is 1.00. The van der Waals surface area contributed by atoms with Crippen LogP contribution in [0.15, 0.2) is 0 Å². The maximum absolute atomic E-state index is 12.5. The normalized spacial score (nSPS) is 34.5. The number of halogens is 3. The Morgan fingerprint density at radius 1 is 1.29 bits per heavy atom. The Balaban J connectivity index is 2.49. The average Bonchev–Trinajstić information content (AvgIpc) is 2.08. The summed E-state index contributed by atoms with van der Waals surface area (Å²) in [4.78, 5) is 0. The number of alkyl halides is 3. The highest BCUT2D eigenvalue weighted by molar-refractivity contribution is 4.95. The largest absolute Gasteiger partial charge is 0.406 e. The number of hydrogen-bond acceptors (Lipinski definition) is 1. The lowest BCUT2D eigenvalue weighted by Gasteiger charge is -2.38. The molecule has 1 fully saturated rings. The first-order valence-corrected chi connectivity index (χ1v) is 5.24. The maximum Gasteiger partial charge on any atom is 0.406 e. The van der Waals surface area contributed by atoms with E-state index in [2.05, 4.69) is 6.92 Å². The fourth-order valence-electron chi connectivity index (χ4n) is 2.17. The van der Waals surface area contributed by atoms with Crippen LogP contribution in [0.25, 0.3) is 0 Å². The van der Waals surface area contributed by atoms with E-state index in [9.17, 15) is 13.2 Å². The second-order valence-corrected chi connectivity index (χ2v) is 4.39.